The van der Waals surface area contributed by atoms with Gasteiger partial charge in [0.25, 0.3) is 11.5 Å². The highest BCUT2D eigenvalue weighted by atomic mass is 16.5. The molecule has 2 N–H and O–H groups in total. The Morgan fingerprint density at radius 2 is 2.12 bits per heavy atom. The van der Waals surface area contributed by atoms with Crippen LogP contribution in [0.15, 0.2) is 35.3 Å². The molecule has 0 spiro atoms. The summed E-state index contributed by atoms with van der Waals surface area (Å²) in [6.45, 7) is 3.17. The minimum absolute atomic E-state index is 0.232. The first-order chi connectivity index (χ1) is 12.1. The zero-order valence-electron chi connectivity index (χ0n) is 13.7. The van der Waals surface area contributed by atoms with Crippen LogP contribution in [0.3, 0.4) is 0 Å². The molecule has 0 bridgehead atoms. The number of H-pyrrole nitrogens is 2. The van der Waals surface area contributed by atoms with Gasteiger partial charge in [-0.3, -0.25) is 9.59 Å². The van der Waals surface area contributed by atoms with E-state index in [0.29, 0.717) is 36.3 Å². The Morgan fingerprint density at radius 3 is 2.88 bits per heavy atom. The summed E-state index contributed by atoms with van der Waals surface area (Å²) in [4.78, 5) is 34.0. The van der Waals surface area contributed by atoms with E-state index in [1.165, 1.54) is 0 Å². The Hall–Kier alpha value is -3.00. The first kappa shape index (κ1) is 15.5. The monoisotopic (exact) mass is 339 g/mol. The zero-order valence-corrected chi connectivity index (χ0v) is 13.7. The molecule has 128 valence electrons. The number of hydrogen-bond donors (Lipinski definition) is 2. The van der Waals surface area contributed by atoms with Crippen LogP contribution in [0.2, 0.25) is 0 Å². The van der Waals surface area contributed by atoms with E-state index in [0.717, 1.165) is 5.69 Å². The second-order valence-electron chi connectivity index (χ2n) is 6.01. The van der Waals surface area contributed by atoms with Crippen molar-refractivity contribution in [2.24, 2.45) is 0 Å². The van der Waals surface area contributed by atoms with Crippen molar-refractivity contribution in [1.82, 2.24) is 25.1 Å². The first-order valence-corrected chi connectivity index (χ1v) is 8.03. The number of carbonyl (C=O) groups is 1. The summed E-state index contributed by atoms with van der Waals surface area (Å²) < 4.78 is 5.73. The van der Waals surface area contributed by atoms with Crippen LogP contribution in [0.4, 0.5) is 0 Å². The number of ether oxygens (including phenoxy) is 1. The highest BCUT2D eigenvalue weighted by molar-refractivity contribution is 6.04. The summed E-state index contributed by atoms with van der Waals surface area (Å²) in [5, 5.41) is 7.40. The van der Waals surface area contributed by atoms with Crippen molar-refractivity contribution in [2.45, 2.75) is 13.0 Å². The summed E-state index contributed by atoms with van der Waals surface area (Å²) in [7, 11) is 0. The quantitative estimate of drug-likeness (QED) is 0.729. The lowest BCUT2D eigenvalue weighted by Crippen LogP contribution is -2.43. The molecule has 1 atom stereocenters. The Bertz CT molecular complexity index is 993. The van der Waals surface area contributed by atoms with Crippen LogP contribution in [-0.2, 0) is 4.74 Å². The molecule has 8 heteroatoms. The zero-order chi connectivity index (χ0) is 17.4. The predicted octanol–water partition coefficient (Wildman–Crippen LogP) is 1.17. The van der Waals surface area contributed by atoms with Gasteiger partial charge in [0.2, 0.25) is 0 Å². The number of aromatic nitrogens is 4. The van der Waals surface area contributed by atoms with Crippen LogP contribution in [0.5, 0.6) is 0 Å². The second kappa shape index (κ2) is 6.14. The number of rotatable bonds is 2. The number of nitrogens with zero attached hydrogens (tertiary/aromatic N) is 3. The highest BCUT2D eigenvalue weighted by Gasteiger charge is 2.29. The van der Waals surface area contributed by atoms with Gasteiger partial charge in [-0.25, -0.2) is 10.1 Å². The molecule has 1 amide bonds. The van der Waals surface area contributed by atoms with Gasteiger partial charge in [0.05, 0.1) is 18.5 Å². The molecule has 2 aromatic heterocycles. The molecule has 1 unspecified atom stereocenters. The number of aryl methyl sites for hydroxylation is 1. The summed E-state index contributed by atoms with van der Waals surface area (Å²) >= 11 is 0. The molecule has 0 aliphatic carbocycles. The van der Waals surface area contributed by atoms with E-state index in [9.17, 15) is 9.59 Å². The normalized spacial score (nSPS) is 17.8. The van der Waals surface area contributed by atoms with Gasteiger partial charge < -0.3 is 14.6 Å². The number of aromatic amines is 2. The maximum atomic E-state index is 13.0. The predicted molar refractivity (Wildman–Crippen MR) is 90.3 cm³/mol. The van der Waals surface area contributed by atoms with Crippen LogP contribution in [0.25, 0.3) is 10.8 Å². The van der Waals surface area contributed by atoms with Crippen LogP contribution >= 0.6 is 0 Å². The molecule has 3 heterocycles. The van der Waals surface area contributed by atoms with Gasteiger partial charge in [-0.1, -0.05) is 18.2 Å². The van der Waals surface area contributed by atoms with Crippen LogP contribution in [0.1, 0.15) is 28.1 Å². The summed E-state index contributed by atoms with van der Waals surface area (Å²) in [6, 6.07) is 6.96. The van der Waals surface area contributed by atoms with Gasteiger partial charge in [0.1, 0.15) is 11.9 Å². The lowest BCUT2D eigenvalue weighted by Gasteiger charge is -2.31. The molecule has 25 heavy (non-hydrogen) atoms. The van der Waals surface area contributed by atoms with Gasteiger partial charge in [0.15, 0.2) is 5.69 Å². The third-order valence-corrected chi connectivity index (χ3v) is 4.28. The van der Waals surface area contributed by atoms with E-state index in [-0.39, 0.29) is 23.3 Å². The standard InChI is InChI=1S/C17H17N5O3/c1-10-8-18-15(19-10)13-9-22(6-7-25-13)17(24)14-11-4-2-3-5-12(11)16(23)21-20-14/h2-5,8,13H,6-7,9H2,1H3,(H,18,19)(H,21,23). The molecule has 1 aromatic carbocycles. The molecule has 3 aromatic rings. The smallest absolute Gasteiger partial charge is 0.275 e. The van der Waals surface area contributed by atoms with Gasteiger partial charge in [0, 0.05) is 23.8 Å². The third kappa shape index (κ3) is 2.80. The second-order valence-corrected chi connectivity index (χ2v) is 6.01. The van der Waals surface area contributed by atoms with Crippen molar-refractivity contribution in [1.29, 1.82) is 0 Å². The third-order valence-electron chi connectivity index (χ3n) is 4.28. The summed E-state index contributed by atoms with van der Waals surface area (Å²) in [5.74, 6) is 0.471. The number of fused-ring (bicyclic) bond motifs is 1. The van der Waals surface area contributed by atoms with Crippen molar-refractivity contribution in [3.8, 4) is 0 Å². The van der Waals surface area contributed by atoms with Crippen LogP contribution in [0, 0.1) is 6.92 Å². The number of amides is 1. The average molecular weight is 339 g/mol. The molecule has 1 saturated heterocycles. The molecule has 8 nitrogen and oxygen atoms in total. The molecular weight excluding hydrogens is 322 g/mol. The number of carbonyl (C=O) groups excluding carboxylic acids is 1. The number of imidazole rings is 1. The SMILES string of the molecule is Cc1cnc(C2CN(C(=O)c3n[nH]c(=O)c4ccccc34)CCO2)[nH]1. The summed E-state index contributed by atoms with van der Waals surface area (Å²) in [6.07, 6.45) is 1.43. The van der Waals surface area contributed by atoms with E-state index in [4.69, 9.17) is 4.74 Å². The molecule has 1 aliphatic rings. The average Bonchev–Trinajstić information content (AvgIpc) is 3.08. The lowest BCUT2D eigenvalue weighted by molar-refractivity contribution is -0.0266. The molecule has 0 saturated carbocycles. The minimum atomic E-state index is -0.307. The van der Waals surface area contributed by atoms with E-state index in [1.54, 1.807) is 35.4 Å². The van der Waals surface area contributed by atoms with Crippen molar-refractivity contribution in [3.05, 3.63) is 58.0 Å². The Balaban J connectivity index is 1.65. The van der Waals surface area contributed by atoms with Crippen LogP contribution < -0.4 is 5.56 Å². The van der Waals surface area contributed by atoms with E-state index in [2.05, 4.69) is 20.2 Å². The maximum absolute atomic E-state index is 13.0. The minimum Gasteiger partial charge on any atom is -0.367 e. The topological polar surface area (TPSA) is 104 Å². The van der Waals surface area contributed by atoms with Gasteiger partial charge in [-0.15, -0.1) is 0 Å². The molecule has 4 rings (SSSR count). The molecule has 1 aliphatic heterocycles. The van der Waals surface area contributed by atoms with Crippen molar-refractivity contribution >= 4 is 16.7 Å². The largest absolute Gasteiger partial charge is 0.367 e. The van der Waals surface area contributed by atoms with E-state index >= 15 is 0 Å². The maximum Gasteiger partial charge on any atom is 0.275 e. The molecular formula is C17H17N5O3. The number of benzene rings is 1. The molecule has 0 radical (unpaired) electrons. The fourth-order valence-corrected chi connectivity index (χ4v) is 3.02. The van der Waals surface area contributed by atoms with Crippen LogP contribution in [-0.4, -0.2) is 50.7 Å². The van der Waals surface area contributed by atoms with Crippen molar-refractivity contribution in [2.75, 3.05) is 19.7 Å². The fourth-order valence-electron chi connectivity index (χ4n) is 3.02. The fraction of sp³-hybridized carbons (Fsp3) is 0.294. The van der Waals surface area contributed by atoms with E-state index < -0.39 is 0 Å². The number of hydrogen-bond acceptors (Lipinski definition) is 5. The van der Waals surface area contributed by atoms with E-state index in [1.807, 2.05) is 6.92 Å². The van der Waals surface area contributed by atoms with Gasteiger partial charge >= 0.3 is 0 Å². The first-order valence-electron chi connectivity index (χ1n) is 8.03. The number of nitrogens with one attached hydrogen (secondary N) is 2. The molecule has 1 fully saturated rings. The summed E-state index contributed by atoms with van der Waals surface area (Å²) in [5.41, 5.74) is 0.875. The van der Waals surface area contributed by atoms with Gasteiger partial charge in [-0.05, 0) is 13.0 Å². The highest BCUT2D eigenvalue weighted by Crippen LogP contribution is 2.22. The van der Waals surface area contributed by atoms with Crippen molar-refractivity contribution < 1.29 is 9.53 Å². The van der Waals surface area contributed by atoms with Crippen molar-refractivity contribution in [3.63, 3.8) is 0 Å². The lowest BCUT2D eigenvalue weighted by atomic mass is 10.1. The Morgan fingerprint density at radius 1 is 1.32 bits per heavy atom. The number of morpholine rings is 1. The Kier molecular flexibility index (Phi) is 3.81. The Labute approximate surface area is 142 Å². The van der Waals surface area contributed by atoms with Gasteiger partial charge in [-0.2, -0.15) is 5.10 Å².